The largest absolute Gasteiger partial charge is 0.492 e. The van der Waals surface area contributed by atoms with Gasteiger partial charge in [0.25, 0.3) is 0 Å². The lowest BCUT2D eigenvalue weighted by Gasteiger charge is -2.05. The molecule has 1 aromatic carbocycles. The lowest BCUT2D eigenvalue weighted by molar-refractivity contribution is -0.118. The van der Waals surface area contributed by atoms with Crippen molar-refractivity contribution in [2.75, 3.05) is 20.8 Å². The van der Waals surface area contributed by atoms with E-state index in [9.17, 15) is 4.79 Å². The van der Waals surface area contributed by atoms with Crippen LogP contribution in [0.5, 0.6) is 5.75 Å². The molecule has 2 N–H and O–H groups in total. The van der Waals surface area contributed by atoms with Gasteiger partial charge in [0.2, 0.25) is 5.91 Å². The average molecular weight is 364 g/mol. The summed E-state index contributed by atoms with van der Waals surface area (Å²) in [7, 11) is 3.25. The molecule has 0 saturated heterocycles. The number of nitrogens with two attached hydrogens (primary N) is 1. The Balaban J connectivity index is -0.000000342. The van der Waals surface area contributed by atoms with Crippen molar-refractivity contribution in [1.82, 2.24) is 0 Å². The Morgan fingerprint density at radius 2 is 1.71 bits per heavy atom. The zero-order chi connectivity index (χ0) is 17.1. The van der Waals surface area contributed by atoms with E-state index in [4.69, 9.17) is 15.3 Å². The molecule has 0 atom stereocenters. The molecule has 0 aliphatic heterocycles. The molecule has 0 aromatic heterocycles. The second kappa shape index (κ2) is 20.9. The van der Waals surface area contributed by atoms with E-state index in [0.717, 1.165) is 16.5 Å². The van der Waals surface area contributed by atoms with Crippen LogP contribution in [0.4, 0.5) is 0 Å². The van der Waals surface area contributed by atoms with Crippen molar-refractivity contribution in [3.8, 4) is 5.75 Å². The second-order valence-corrected chi connectivity index (χ2v) is 3.99. The number of rotatable bonds is 4. The molecule has 0 unspecified atom stereocenters. The van der Waals surface area contributed by atoms with Crippen molar-refractivity contribution in [2.45, 2.75) is 27.2 Å². The van der Waals surface area contributed by atoms with E-state index in [1.54, 1.807) is 14.2 Å². The van der Waals surface area contributed by atoms with E-state index in [1.807, 2.05) is 38.1 Å². The molecule has 0 bridgehead atoms. The second-order valence-electron chi connectivity index (χ2n) is 3.14. The van der Waals surface area contributed by atoms with Gasteiger partial charge in [-0.05, 0) is 35.0 Å². The topological polar surface area (TPSA) is 78.6 Å². The fraction of sp³-hybridized carbons (Fsp3) is 0.467. The number of carbonyl (C=O) groups is 2. The molecule has 0 radical (unpaired) electrons. The maximum atomic E-state index is 10.4. The van der Waals surface area contributed by atoms with Crippen LogP contribution in [0.3, 0.4) is 0 Å². The van der Waals surface area contributed by atoms with Crippen LogP contribution in [-0.4, -0.2) is 33.0 Å². The summed E-state index contributed by atoms with van der Waals surface area (Å²) < 4.78 is 10.4. The van der Waals surface area contributed by atoms with Crippen molar-refractivity contribution < 1.29 is 19.1 Å². The molecule has 5 nitrogen and oxygen atoms in total. The first-order chi connectivity index (χ1) is 10.0. The summed E-state index contributed by atoms with van der Waals surface area (Å²) in [6.07, 6.45) is 0.987. The minimum Gasteiger partial charge on any atom is -0.492 e. The molecule has 6 heteroatoms. The Labute approximate surface area is 135 Å². The van der Waals surface area contributed by atoms with Gasteiger partial charge < -0.3 is 20.0 Å². The third-order valence-electron chi connectivity index (χ3n) is 1.44. The predicted octanol–water partition coefficient (Wildman–Crippen LogP) is 3.20. The van der Waals surface area contributed by atoms with Gasteiger partial charge in [-0.2, -0.15) is 0 Å². The van der Waals surface area contributed by atoms with Crippen molar-refractivity contribution >= 4 is 28.1 Å². The highest BCUT2D eigenvalue weighted by Gasteiger charge is 1.99. The molecule has 0 heterocycles. The summed E-state index contributed by atoms with van der Waals surface area (Å²) in [5.41, 5.74) is 4.96. The Hall–Kier alpha value is -1.40. The number of hydrogen-bond acceptors (Lipinski definition) is 4. The van der Waals surface area contributed by atoms with Crippen LogP contribution >= 0.6 is 15.9 Å². The number of carbonyl (C=O) groups excluding carboxylic acids is 2. The maximum absolute atomic E-state index is 10.4. The van der Waals surface area contributed by atoms with Crippen molar-refractivity contribution in [3.63, 3.8) is 0 Å². The van der Waals surface area contributed by atoms with Crippen LogP contribution in [0, 0.1) is 0 Å². The number of methoxy groups -OCH3 is 1. The minimum atomic E-state index is -0.355. The van der Waals surface area contributed by atoms with E-state index >= 15 is 0 Å². The fourth-order valence-corrected chi connectivity index (χ4v) is 1.22. The van der Waals surface area contributed by atoms with Crippen LogP contribution in [-0.2, 0) is 14.3 Å². The first-order valence-corrected chi connectivity index (χ1v) is 7.28. The quantitative estimate of drug-likeness (QED) is 0.833. The summed E-state index contributed by atoms with van der Waals surface area (Å²) in [5, 5.41) is 0. The smallest absolute Gasteiger partial charge is 0.220 e. The van der Waals surface area contributed by atoms with Crippen molar-refractivity contribution in [2.24, 2.45) is 5.73 Å². The zero-order valence-electron chi connectivity index (χ0n) is 13.4. The number of ether oxygens (including phenoxy) is 2. The SMILES string of the molecule is CC.CC=O.COC.NC(=O)CCOc1ccccc1Br. The summed E-state index contributed by atoms with van der Waals surface area (Å²) in [6.45, 7) is 5.76. The van der Waals surface area contributed by atoms with Crippen LogP contribution < -0.4 is 10.5 Å². The standard InChI is InChI=1S/C9H10BrNO2.C2H6O.C2H4O.C2H6/c10-7-3-1-2-4-8(7)13-6-5-9(11)12;1-3-2;1-2-3;1-2/h1-4H,5-6H2,(H2,11,12);1-2H3;2H,1H3;1-2H3. The predicted molar refractivity (Wildman–Crippen MR) is 89.5 cm³/mol. The number of benzene rings is 1. The van der Waals surface area contributed by atoms with Gasteiger partial charge in [0.1, 0.15) is 12.0 Å². The normalized spacial score (nSPS) is 7.71. The summed E-state index contributed by atoms with van der Waals surface area (Å²) in [6, 6.07) is 7.46. The molecular formula is C15H26BrNO4. The molecule has 21 heavy (non-hydrogen) atoms. The third-order valence-corrected chi connectivity index (χ3v) is 2.10. The average Bonchev–Trinajstić information content (AvgIpc) is 2.45. The Morgan fingerprint density at radius 3 is 2.10 bits per heavy atom. The zero-order valence-corrected chi connectivity index (χ0v) is 15.0. The molecule has 1 rings (SSSR count). The lowest BCUT2D eigenvalue weighted by atomic mass is 10.3. The Morgan fingerprint density at radius 1 is 1.29 bits per heavy atom. The van der Waals surface area contributed by atoms with Crippen molar-refractivity contribution in [3.05, 3.63) is 28.7 Å². The van der Waals surface area contributed by atoms with Crippen LogP contribution in [0.15, 0.2) is 28.7 Å². The van der Waals surface area contributed by atoms with Crippen molar-refractivity contribution in [1.29, 1.82) is 0 Å². The number of primary amides is 1. The third kappa shape index (κ3) is 21.1. The van der Waals surface area contributed by atoms with E-state index in [1.165, 1.54) is 6.92 Å². The number of para-hydroxylation sites is 1. The van der Waals surface area contributed by atoms with E-state index < -0.39 is 0 Å². The highest BCUT2D eigenvalue weighted by Crippen LogP contribution is 2.23. The monoisotopic (exact) mass is 363 g/mol. The summed E-state index contributed by atoms with van der Waals surface area (Å²) in [4.78, 5) is 19.2. The molecule has 0 fully saturated rings. The van der Waals surface area contributed by atoms with Gasteiger partial charge in [-0.15, -0.1) is 0 Å². The van der Waals surface area contributed by atoms with Crippen LogP contribution in [0.1, 0.15) is 27.2 Å². The van der Waals surface area contributed by atoms with Gasteiger partial charge in [-0.25, -0.2) is 0 Å². The van der Waals surface area contributed by atoms with Gasteiger partial charge in [-0.1, -0.05) is 26.0 Å². The molecule has 0 spiro atoms. The molecule has 1 aromatic rings. The highest BCUT2D eigenvalue weighted by molar-refractivity contribution is 9.10. The summed E-state index contributed by atoms with van der Waals surface area (Å²) in [5.74, 6) is 0.371. The number of hydrogen-bond donors (Lipinski definition) is 1. The van der Waals surface area contributed by atoms with E-state index in [-0.39, 0.29) is 12.3 Å². The highest BCUT2D eigenvalue weighted by atomic mass is 79.9. The molecular weight excluding hydrogens is 338 g/mol. The van der Waals surface area contributed by atoms with Gasteiger partial charge in [0, 0.05) is 14.2 Å². The molecule has 0 saturated carbocycles. The maximum Gasteiger partial charge on any atom is 0.220 e. The minimum absolute atomic E-state index is 0.237. The van der Waals surface area contributed by atoms with Gasteiger partial charge >= 0.3 is 0 Å². The Bertz CT molecular complexity index is 359. The van der Waals surface area contributed by atoms with Gasteiger partial charge in [0.05, 0.1) is 17.5 Å². The van der Waals surface area contributed by atoms with Gasteiger partial charge in [-0.3, -0.25) is 4.79 Å². The van der Waals surface area contributed by atoms with Crippen LogP contribution in [0.25, 0.3) is 0 Å². The van der Waals surface area contributed by atoms with Gasteiger partial charge in [0.15, 0.2) is 0 Å². The van der Waals surface area contributed by atoms with E-state index in [0.29, 0.717) is 6.61 Å². The molecule has 122 valence electrons. The molecule has 0 aliphatic carbocycles. The van der Waals surface area contributed by atoms with Crippen LogP contribution in [0.2, 0.25) is 0 Å². The molecule has 0 aliphatic rings. The first kappa shape index (κ1) is 24.6. The Kier molecular flexibility index (Phi) is 24.5. The number of amides is 1. The fourth-order valence-electron chi connectivity index (χ4n) is 0.823. The molecule has 1 amide bonds. The lowest BCUT2D eigenvalue weighted by Crippen LogP contribution is -2.14. The summed E-state index contributed by atoms with van der Waals surface area (Å²) >= 11 is 3.32. The first-order valence-electron chi connectivity index (χ1n) is 6.49. The number of halogens is 1. The van der Waals surface area contributed by atoms with E-state index in [2.05, 4.69) is 20.7 Å². The number of aldehydes is 1.